The molecule has 0 spiro atoms. The Balaban J connectivity index is 2.19. The summed E-state index contributed by atoms with van der Waals surface area (Å²) in [7, 11) is 0. The van der Waals surface area contributed by atoms with Gasteiger partial charge in [-0.15, -0.1) is 0 Å². The number of quaternary nitrogens is 1. The van der Waals surface area contributed by atoms with E-state index in [1.54, 1.807) is 0 Å². The molecule has 9 heteroatoms. The average molecular weight is 303 g/mol. The number of benzene rings is 1. The lowest BCUT2D eigenvalue weighted by atomic mass is 9.99. The van der Waals surface area contributed by atoms with Crippen molar-refractivity contribution >= 4 is 5.69 Å². The summed E-state index contributed by atoms with van der Waals surface area (Å²) in [6.45, 7) is -0.592. The molecule has 1 aliphatic heterocycles. The number of hydrogen-bond donors (Lipinski definition) is 6. The Morgan fingerprint density at radius 1 is 1.14 bits per heavy atom. The number of para-hydroxylation sites is 2. The lowest BCUT2D eigenvalue weighted by Gasteiger charge is -2.39. The van der Waals surface area contributed by atoms with Crippen LogP contribution in [0.3, 0.4) is 0 Å². The molecule has 1 aromatic carbocycles. The van der Waals surface area contributed by atoms with Crippen molar-refractivity contribution in [3.05, 3.63) is 29.5 Å². The van der Waals surface area contributed by atoms with Gasteiger partial charge in [-0.3, -0.25) is 0 Å². The molecule has 21 heavy (non-hydrogen) atoms. The third kappa shape index (κ3) is 3.31. The summed E-state index contributed by atoms with van der Waals surface area (Å²) < 4.78 is 10.4. The predicted octanol–water partition coefficient (Wildman–Crippen LogP) is -2.73. The fraction of sp³-hybridized carbons (Fsp3) is 0.500. The van der Waals surface area contributed by atoms with E-state index in [2.05, 4.69) is 0 Å². The largest absolute Gasteiger partial charge is 0.595 e. The molecule has 1 saturated heterocycles. The Labute approximate surface area is 119 Å². The van der Waals surface area contributed by atoms with E-state index < -0.39 is 42.5 Å². The molecule has 1 fully saturated rings. The van der Waals surface area contributed by atoms with Gasteiger partial charge in [0.05, 0.1) is 6.61 Å². The summed E-state index contributed by atoms with van der Waals surface area (Å²) in [6, 6.07) is 5.71. The van der Waals surface area contributed by atoms with Gasteiger partial charge in [-0.05, 0) is 6.07 Å². The number of hydrogen-bond acceptors (Lipinski definition) is 8. The summed E-state index contributed by atoms with van der Waals surface area (Å²) in [6.07, 6.45) is -7.21. The van der Waals surface area contributed by atoms with Crippen molar-refractivity contribution in [2.24, 2.45) is 0 Å². The van der Waals surface area contributed by atoms with Gasteiger partial charge in [0.25, 0.3) is 0 Å². The Morgan fingerprint density at radius 3 is 2.43 bits per heavy atom. The third-order valence-electron chi connectivity index (χ3n) is 3.21. The molecule has 6 N–H and O–H groups in total. The first-order valence-corrected chi connectivity index (χ1v) is 6.25. The molecule has 1 aliphatic rings. The standard InChI is InChI=1S/C12H17NO8/c14-5-8-9(15)10(16)11(17)12(21-8)20-7-4-2-1-3-6(7)13(18)19/h1-4,8-18H,5H2/t8-,9-,10+,11-,12-/m1/s1. The normalized spacial score (nSPS) is 34.5. The molecule has 1 unspecified atom stereocenters. The van der Waals surface area contributed by atoms with Crippen LogP contribution in [0.15, 0.2) is 24.3 Å². The molecule has 118 valence electrons. The minimum atomic E-state index is -1.59. The molecule has 1 aromatic rings. The number of nitrogens with one attached hydrogen (secondary N) is 1. The Bertz CT molecular complexity index is 468. The van der Waals surface area contributed by atoms with Crippen LogP contribution in [0.5, 0.6) is 5.75 Å². The summed E-state index contributed by atoms with van der Waals surface area (Å²) in [5.74, 6) is -0.0608. The van der Waals surface area contributed by atoms with Gasteiger partial charge < -0.3 is 35.1 Å². The summed E-state index contributed by atoms with van der Waals surface area (Å²) in [4.78, 5) is 0. The zero-order chi connectivity index (χ0) is 15.6. The van der Waals surface area contributed by atoms with Crippen LogP contribution in [0.4, 0.5) is 5.69 Å². The summed E-state index contributed by atoms with van der Waals surface area (Å²) >= 11 is 0. The van der Waals surface area contributed by atoms with Crippen molar-refractivity contribution in [1.29, 1.82) is 0 Å². The predicted molar refractivity (Wildman–Crippen MR) is 66.6 cm³/mol. The Morgan fingerprint density at radius 2 is 1.81 bits per heavy atom. The average Bonchev–Trinajstić information content (AvgIpc) is 2.48. The molecule has 0 radical (unpaired) electrons. The zero-order valence-electron chi connectivity index (χ0n) is 10.9. The van der Waals surface area contributed by atoms with E-state index in [1.165, 1.54) is 24.3 Å². The highest BCUT2D eigenvalue weighted by Gasteiger charge is 2.45. The van der Waals surface area contributed by atoms with E-state index >= 15 is 0 Å². The van der Waals surface area contributed by atoms with E-state index in [0.29, 0.717) is 0 Å². The second kappa shape index (κ2) is 6.64. The molecule has 6 atom stereocenters. The van der Waals surface area contributed by atoms with Gasteiger partial charge in [0.2, 0.25) is 12.0 Å². The van der Waals surface area contributed by atoms with Crippen LogP contribution in [-0.4, -0.2) is 62.9 Å². The molecule has 0 bridgehead atoms. The fourth-order valence-electron chi connectivity index (χ4n) is 2.04. The van der Waals surface area contributed by atoms with Crippen molar-refractivity contribution in [2.75, 3.05) is 6.61 Å². The summed E-state index contributed by atoms with van der Waals surface area (Å²) in [5.41, 5.74) is -0.144. The number of rotatable bonds is 4. The van der Waals surface area contributed by atoms with Crippen LogP contribution in [0.25, 0.3) is 0 Å². The Kier molecular flexibility index (Phi) is 5.08. The van der Waals surface area contributed by atoms with E-state index in [-0.39, 0.29) is 11.4 Å². The smallest absolute Gasteiger partial charge is 0.229 e. The SMILES string of the molecule is [O-][NH+](O)c1ccccc1O[C@@H]1O[C@H](CO)[C@@H](O)[C@H](O)[C@H]1O. The van der Waals surface area contributed by atoms with Gasteiger partial charge in [0, 0.05) is 6.07 Å². The van der Waals surface area contributed by atoms with E-state index in [4.69, 9.17) is 19.8 Å². The van der Waals surface area contributed by atoms with E-state index in [9.17, 15) is 20.5 Å². The maximum atomic E-state index is 11.1. The van der Waals surface area contributed by atoms with Crippen LogP contribution < -0.4 is 9.96 Å². The first kappa shape index (κ1) is 16.1. The van der Waals surface area contributed by atoms with Gasteiger partial charge in [0.1, 0.15) is 24.4 Å². The fourth-order valence-corrected chi connectivity index (χ4v) is 2.04. The van der Waals surface area contributed by atoms with Crippen molar-refractivity contribution < 1.29 is 40.3 Å². The topological polar surface area (TPSA) is 147 Å². The number of aliphatic hydroxyl groups is 4. The van der Waals surface area contributed by atoms with Crippen LogP contribution in [-0.2, 0) is 4.74 Å². The minimum absolute atomic E-state index is 0.0608. The third-order valence-corrected chi connectivity index (χ3v) is 3.21. The molecule has 0 saturated carbocycles. The molecular formula is C12H17NO8. The maximum Gasteiger partial charge on any atom is 0.229 e. The molecular weight excluding hydrogens is 286 g/mol. The Hall–Kier alpha value is -1.30. The molecule has 9 nitrogen and oxygen atoms in total. The van der Waals surface area contributed by atoms with Crippen molar-refractivity contribution in [1.82, 2.24) is 0 Å². The van der Waals surface area contributed by atoms with Crippen molar-refractivity contribution in [3.8, 4) is 5.75 Å². The maximum absolute atomic E-state index is 11.1. The molecule has 0 amide bonds. The van der Waals surface area contributed by atoms with Gasteiger partial charge in [0.15, 0.2) is 5.75 Å². The van der Waals surface area contributed by atoms with Crippen molar-refractivity contribution in [2.45, 2.75) is 30.7 Å². The highest BCUT2D eigenvalue weighted by atomic mass is 16.8. The van der Waals surface area contributed by atoms with Gasteiger partial charge in [-0.25, -0.2) is 5.21 Å². The van der Waals surface area contributed by atoms with Crippen LogP contribution in [0.1, 0.15) is 0 Å². The van der Waals surface area contributed by atoms with Gasteiger partial charge in [-0.2, -0.15) is 5.23 Å². The van der Waals surface area contributed by atoms with Crippen LogP contribution in [0.2, 0.25) is 0 Å². The first-order valence-electron chi connectivity index (χ1n) is 6.25. The van der Waals surface area contributed by atoms with E-state index in [0.717, 1.165) is 0 Å². The highest BCUT2D eigenvalue weighted by Crippen LogP contribution is 2.27. The van der Waals surface area contributed by atoms with E-state index in [1.807, 2.05) is 0 Å². The molecule has 2 rings (SSSR count). The van der Waals surface area contributed by atoms with Gasteiger partial charge in [-0.1, -0.05) is 12.1 Å². The summed E-state index contributed by atoms with van der Waals surface area (Å²) in [5, 5.41) is 57.0. The first-order chi connectivity index (χ1) is 9.95. The number of aliphatic hydroxyl groups excluding tert-OH is 4. The highest BCUT2D eigenvalue weighted by molar-refractivity contribution is 5.45. The van der Waals surface area contributed by atoms with Crippen molar-refractivity contribution in [3.63, 3.8) is 0 Å². The second-order valence-electron chi connectivity index (χ2n) is 4.62. The monoisotopic (exact) mass is 303 g/mol. The number of ether oxygens (including phenoxy) is 2. The molecule has 0 aromatic heterocycles. The lowest BCUT2D eigenvalue weighted by molar-refractivity contribution is -0.991. The minimum Gasteiger partial charge on any atom is -0.595 e. The molecule has 0 aliphatic carbocycles. The van der Waals surface area contributed by atoms with Gasteiger partial charge >= 0.3 is 0 Å². The quantitative estimate of drug-likeness (QED) is 0.329. The zero-order valence-corrected chi connectivity index (χ0v) is 10.9. The lowest BCUT2D eigenvalue weighted by Crippen LogP contribution is -2.99. The van der Waals surface area contributed by atoms with Crippen LogP contribution >= 0.6 is 0 Å². The second-order valence-corrected chi connectivity index (χ2v) is 4.62. The van der Waals surface area contributed by atoms with Crippen LogP contribution in [0, 0.1) is 5.21 Å². The molecule has 1 heterocycles.